The van der Waals surface area contributed by atoms with Gasteiger partial charge in [-0.2, -0.15) is 0 Å². The number of nitrogens with one attached hydrogen (secondary N) is 1. The van der Waals surface area contributed by atoms with Gasteiger partial charge in [0.2, 0.25) is 5.91 Å². The van der Waals surface area contributed by atoms with Crippen LogP contribution in [0.25, 0.3) is 10.6 Å². The lowest BCUT2D eigenvalue weighted by Gasteiger charge is -2.13. The standard InChI is InChI=1S/C20H20N2O2S/c1-15(24-13-16-8-4-2-5-9-16)19(23)21-12-18-14-25-20(22-18)17-10-6-3-7-11-17/h2-11,14-15H,12-13H2,1H3,(H,21,23). The molecular formula is C20H20N2O2S. The lowest BCUT2D eigenvalue weighted by atomic mass is 10.2. The zero-order chi connectivity index (χ0) is 17.5. The molecule has 1 aromatic heterocycles. The maximum atomic E-state index is 12.2. The van der Waals surface area contributed by atoms with Crippen LogP contribution in [0, 0.1) is 0 Å². The normalized spacial score (nSPS) is 11.9. The zero-order valence-corrected chi connectivity index (χ0v) is 14.8. The molecule has 1 heterocycles. The van der Waals surface area contributed by atoms with E-state index in [1.807, 2.05) is 66.0 Å². The molecular weight excluding hydrogens is 332 g/mol. The predicted octanol–water partition coefficient (Wildman–Crippen LogP) is 4.03. The molecule has 3 rings (SSSR count). The first-order valence-corrected chi connectivity index (χ1v) is 9.03. The fraction of sp³-hybridized carbons (Fsp3) is 0.200. The number of nitrogens with zero attached hydrogens (tertiary/aromatic N) is 1. The number of aromatic nitrogens is 1. The fourth-order valence-electron chi connectivity index (χ4n) is 2.29. The molecule has 0 bridgehead atoms. The number of amides is 1. The second-order valence-corrected chi connectivity index (χ2v) is 6.52. The molecule has 3 aromatic rings. The molecule has 0 saturated carbocycles. The van der Waals surface area contributed by atoms with Gasteiger partial charge in [0, 0.05) is 10.9 Å². The summed E-state index contributed by atoms with van der Waals surface area (Å²) < 4.78 is 5.62. The number of carbonyl (C=O) groups excluding carboxylic acids is 1. The van der Waals surface area contributed by atoms with Crippen LogP contribution in [-0.2, 0) is 22.7 Å². The van der Waals surface area contributed by atoms with Crippen LogP contribution in [-0.4, -0.2) is 17.0 Å². The van der Waals surface area contributed by atoms with Crippen LogP contribution in [0.2, 0.25) is 0 Å². The Morgan fingerprint density at radius 2 is 1.80 bits per heavy atom. The van der Waals surface area contributed by atoms with Crippen LogP contribution in [0.1, 0.15) is 18.2 Å². The van der Waals surface area contributed by atoms with E-state index in [2.05, 4.69) is 10.3 Å². The molecule has 0 aliphatic rings. The summed E-state index contributed by atoms with van der Waals surface area (Å²) in [6.45, 7) is 2.58. The molecule has 0 radical (unpaired) electrons. The van der Waals surface area contributed by atoms with Crippen molar-refractivity contribution in [3.63, 3.8) is 0 Å². The molecule has 2 aromatic carbocycles. The molecule has 0 spiro atoms. The van der Waals surface area contributed by atoms with Gasteiger partial charge in [0.15, 0.2) is 0 Å². The molecule has 4 nitrogen and oxygen atoms in total. The van der Waals surface area contributed by atoms with Gasteiger partial charge < -0.3 is 10.1 Å². The Labute approximate surface area is 151 Å². The van der Waals surface area contributed by atoms with Gasteiger partial charge in [-0.05, 0) is 12.5 Å². The number of benzene rings is 2. The number of ether oxygens (including phenoxy) is 1. The molecule has 5 heteroatoms. The first kappa shape index (κ1) is 17.3. The number of carbonyl (C=O) groups is 1. The topological polar surface area (TPSA) is 51.2 Å². The number of thiazole rings is 1. The molecule has 1 atom stereocenters. The smallest absolute Gasteiger partial charge is 0.249 e. The van der Waals surface area contributed by atoms with Crippen LogP contribution in [0.3, 0.4) is 0 Å². The highest BCUT2D eigenvalue weighted by atomic mass is 32.1. The van der Waals surface area contributed by atoms with Crippen molar-refractivity contribution in [2.75, 3.05) is 0 Å². The second kappa shape index (κ2) is 8.55. The molecule has 0 aliphatic heterocycles. The molecule has 128 valence electrons. The number of rotatable bonds is 7. The maximum absolute atomic E-state index is 12.2. The summed E-state index contributed by atoms with van der Waals surface area (Å²) in [4.78, 5) is 16.7. The third-order valence-corrected chi connectivity index (χ3v) is 4.67. The fourth-order valence-corrected chi connectivity index (χ4v) is 3.12. The van der Waals surface area contributed by atoms with Crippen molar-refractivity contribution in [1.82, 2.24) is 10.3 Å². The van der Waals surface area contributed by atoms with Crippen molar-refractivity contribution < 1.29 is 9.53 Å². The Bertz CT molecular complexity index is 803. The van der Waals surface area contributed by atoms with Crippen molar-refractivity contribution in [2.45, 2.75) is 26.2 Å². The molecule has 1 unspecified atom stereocenters. The van der Waals surface area contributed by atoms with Gasteiger partial charge in [-0.25, -0.2) is 4.98 Å². The van der Waals surface area contributed by atoms with E-state index in [0.29, 0.717) is 13.2 Å². The summed E-state index contributed by atoms with van der Waals surface area (Å²) >= 11 is 1.58. The average Bonchev–Trinajstić information content (AvgIpc) is 3.15. The van der Waals surface area contributed by atoms with Gasteiger partial charge in [-0.1, -0.05) is 60.7 Å². The Morgan fingerprint density at radius 1 is 1.12 bits per heavy atom. The highest BCUT2D eigenvalue weighted by Crippen LogP contribution is 2.23. The minimum Gasteiger partial charge on any atom is -0.364 e. The van der Waals surface area contributed by atoms with E-state index >= 15 is 0 Å². The maximum Gasteiger partial charge on any atom is 0.249 e. The van der Waals surface area contributed by atoms with Crippen LogP contribution in [0.15, 0.2) is 66.0 Å². The van der Waals surface area contributed by atoms with Crippen molar-refractivity contribution in [1.29, 1.82) is 0 Å². The third-order valence-electron chi connectivity index (χ3n) is 3.73. The van der Waals surface area contributed by atoms with Crippen LogP contribution >= 0.6 is 11.3 Å². The SMILES string of the molecule is CC(OCc1ccccc1)C(=O)NCc1csc(-c2ccccc2)n1. The Balaban J connectivity index is 1.48. The van der Waals surface area contributed by atoms with Crippen LogP contribution < -0.4 is 5.32 Å². The molecule has 1 N–H and O–H groups in total. The number of hydrogen-bond donors (Lipinski definition) is 1. The highest BCUT2D eigenvalue weighted by Gasteiger charge is 2.14. The lowest BCUT2D eigenvalue weighted by Crippen LogP contribution is -2.34. The quantitative estimate of drug-likeness (QED) is 0.698. The van der Waals surface area contributed by atoms with Gasteiger partial charge in [0.05, 0.1) is 18.8 Å². The van der Waals surface area contributed by atoms with Crippen molar-refractivity contribution in [2.24, 2.45) is 0 Å². The van der Waals surface area contributed by atoms with E-state index in [-0.39, 0.29) is 5.91 Å². The van der Waals surface area contributed by atoms with Gasteiger partial charge in [0.1, 0.15) is 11.1 Å². The summed E-state index contributed by atoms with van der Waals surface area (Å²) in [7, 11) is 0. The molecule has 0 aliphatic carbocycles. The van der Waals surface area contributed by atoms with Crippen molar-refractivity contribution in [3.05, 3.63) is 77.3 Å². The second-order valence-electron chi connectivity index (χ2n) is 5.67. The first-order chi connectivity index (χ1) is 12.2. The molecule has 1 amide bonds. The monoisotopic (exact) mass is 352 g/mol. The van der Waals surface area contributed by atoms with E-state index in [9.17, 15) is 4.79 Å². The summed E-state index contributed by atoms with van der Waals surface area (Å²) in [5.74, 6) is -0.134. The molecule has 0 saturated heterocycles. The first-order valence-electron chi connectivity index (χ1n) is 8.15. The average molecular weight is 352 g/mol. The van der Waals surface area contributed by atoms with Crippen molar-refractivity contribution in [3.8, 4) is 10.6 Å². The molecule has 0 fully saturated rings. The number of hydrogen-bond acceptors (Lipinski definition) is 4. The summed E-state index contributed by atoms with van der Waals surface area (Å²) in [5, 5.41) is 5.81. The Morgan fingerprint density at radius 3 is 2.52 bits per heavy atom. The van der Waals surface area contributed by atoms with Crippen LogP contribution in [0.4, 0.5) is 0 Å². The Kier molecular flexibility index (Phi) is 5.93. The largest absolute Gasteiger partial charge is 0.364 e. The minimum absolute atomic E-state index is 0.134. The zero-order valence-electron chi connectivity index (χ0n) is 14.0. The third kappa shape index (κ3) is 4.98. The van der Waals surface area contributed by atoms with E-state index in [4.69, 9.17) is 4.74 Å². The summed E-state index contributed by atoms with van der Waals surface area (Å²) in [6.07, 6.45) is -0.507. The van der Waals surface area contributed by atoms with Gasteiger partial charge in [0.25, 0.3) is 0 Å². The van der Waals surface area contributed by atoms with E-state index in [1.165, 1.54) is 0 Å². The molecule has 25 heavy (non-hydrogen) atoms. The van der Waals surface area contributed by atoms with Crippen molar-refractivity contribution >= 4 is 17.2 Å². The van der Waals surface area contributed by atoms with E-state index < -0.39 is 6.10 Å². The lowest BCUT2D eigenvalue weighted by molar-refractivity contribution is -0.132. The van der Waals surface area contributed by atoms with Gasteiger partial charge in [-0.3, -0.25) is 4.79 Å². The van der Waals surface area contributed by atoms with Crippen LogP contribution in [0.5, 0.6) is 0 Å². The van der Waals surface area contributed by atoms with Gasteiger partial charge in [-0.15, -0.1) is 11.3 Å². The minimum atomic E-state index is -0.507. The highest BCUT2D eigenvalue weighted by molar-refractivity contribution is 7.13. The summed E-state index contributed by atoms with van der Waals surface area (Å²) in [6, 6.07) is 19.8. The van der Waals surface area contributed by atoms with E-state index in [1.54, 1.807) is 18.3 Å². The van der Waals surface area contributed by atoms with Gasteiger partial charge >= 0.3 is 0 Å². The summed E-state index contributed by atoms with van der Waals surface area (Å²) in [5.41, 5.74) is 2.99. The van der Waals surface area contributed by atoms with E-state index in [0.717, 1.165) is 21.8 Å². The Hall–Kier alpha value is -2.50. The predicted molar refractivity (Wildman–Crippen MR) is 100 cm³/mol.